The lowest BCUT2D eigenvalue weighted by atomic mass is 10.1. The van der Waals surface area contributed by atoms with E-state index in [1.54, 1.807) is 0 Å². The smallest absolute Gasteiger partial charge is 0.122 e. The van der Waals surface area contributed by atoms with Gasteiger partial charge in [-0.3, -0.25) is 0 Å². The van der Waals surface area contributed by atoms with Crippen molar-refractivity contribution in [2.24, 2.45) is 0 Å². The van der Waals surface area contributed by atoms with Crippen molar-refractivity contribution in [3.8, 4) is 28.7 Å². The predicted octanol–water partition coefficient (Wildman–Crippen LogP) is 6.75. The van der Waals surface area contributed by atoms with E-state index in [1.807, 2.05) is 54.7 Å². The Morgan fingerprint density at radius 2 is 1.82 bits per heavy atom. The Morgan fingerprint density at radius 1 is 1.06 bits per heavy atom. The molecule has 0 amide bonds. The second-order valence-corrected chi connectivity index (χ2v) is 9.20. The molecule has 1 aromatic heterocycles. The Kier molecular flexibility index (Phi) is 7.70. The van der Waals surface area contributed by atoms with Gasteiger partial charge in [-0.2, -0.15) is 0 Å². The molecule has 3 nitrogen and oxygen atoms in total. The van der Waals surface area contributed by atoms with Crippen molar-refractivity contribution in [2.45, 2.75) is 51.6 Å². The second kappa shape index (κ2) is 10.9. The summed E-state index contributed by atoms with van der Waals surface area (Å²) in [6, 6.07) is 19.3. The van der Waals surface area contributed by atoms with E-state index in [9.17, 15) is 0 Å². The predicted molar refractivity (Wildman–Crippen MR) is 137 cm³/mol. The molecule has 1 saturated carbocycles. The van der Waals surface area contributed by atoms with E-state index < -0.39 is 0 Å². The molecule has 0 saturated heterocycles. The lowest BCUT2D eigenvalue weighted by molar-refractivity contribution is 0.182. The molecule has 1 atom stereocenters. The van der Waals surface area contributed by atoms with Gasteiger partial charge >= 0.3 is 0 Å². The summed E-state index contributed by atoms with van der Waals surface area (Å²) in [5, 5.41) is 0.729. The summed E-state index contributed by atoms with van der Waals surface area (Å²) in [7, 11) is 2.25. The second-order valence-electron chi connectivity index (χ2n) is 8.77. The third-order valence-corrected chi connectivity index (χ3v) is 6.58. The van der Waals surface area contributed by atoms with Crippen molar-refractivity contribution in [3.05, 3.63) is 82.6 Å². The van der Waals surface area contributed by atoms with E-state index in [0.29, 0.717) is 6.04 Å². The molecule has 33 heavy (non-hydrogen) atoms. The summed E-state index contributed by atoms with van der Waals surface area (Å²) < 4.78 is 6.10. The number of hydrogen-bond acceptors (Lipinski definition) is 3. The fourth-order valence-corrected chi connectivity index (χ4v) is 4.21. The lowest BCUT2D eigenvalue weighted by Crippen LogP contribution is -2.34. The van der Waals surface area contributed by atoms with Crippen LogP contribution in [-0.4, -0.2) is 35.6 Å². The number of rotatable bonds is 8. The SMILES string of the molecule is CCC(CCOc1ccc(C#Cc2ccc(-c3ccc(Cl)cc3)cn2)cc1C)N(C)C1CC1. The monoisotopic (exact) mass is 458 g/mol. The van der Waals surface area contributed by atoms with Gasteiger partial charge in [0.05, 0.1) is 6.61 Å². The number of halogens is 1. The lowest BCUT2D eigenvalue weighted by Gasteiger charge is -2.27. The third kappa shape index (κ3) is 6.38. The summed E-state index contributed by atoms with van der Waals surface area (Å²) in [5.41, 5.74) is 4.95. The molecule has 170 valence electrons. The Balaban J connectivity index is 1.34. The summed E-state index contributed by atoms with van der Waals surface area (Å²) in [4.78, 5) is 7.03. The third-order valence-electron chi connectivity index (χ3n) is 6.33. The van der Waals surface area contributed by atoms with Crippen LogP contribution in [0.3, 0.4) is 0 Å². The van der Waals surface area contributed by atoms with Gasteiger partial charge in [-0.15, -0.1) is 0 Å². The number of ether oxygens (including phenoxy) is 1. The summed E-state index contributed by atoms with van der Waals surface area (Å²) in [6.45, 7) is 5.08. The average Bonchev–Trinajstić information content (AvgIpc) is 3.68. The van der Waals surface area contributed by atoms with Crippen LogP contribution in [0.15, 0.2) is 60.8 Å². The average molecular weight is 459 g/mol. The van der Waals surface area contributed by atoms with Gasteiger partial charge in [0.1, 0.15) is 11.4 Å². The van der Waals surface area contributed by atoms with Crippen molar-refractivity contribution in [1.29, 1.82) is 0 Å². The zero-order valence-corrected chi connectivity index (χ0v) is 20.4. The van der Waals surface area contributed by atoms with Crippen molar-refractivity contribution in [2.75, 3.05) is 13.7 Å². The van der Waals surface area contributed by atoms with Crippen LogP contribution in [0.2, 0.25) is 5.02 Å². The van der Waals surface area contributed by atoms with Crippen LogP contribution in [0.5, 0.6) is 5.75 Å². The molecule has 1 aliphatic rings. The maximum absolute atomic E-state index is 6.10. The Labute approximate surface area is 202 Å². The maximum Gasteiger partial charge on any atom is 0.122 e. The number of aromatic nitrogens is 1. The Hall–Kier alpha value is -2.80. The van der Waals surface area contributed by atoms with Crippen LogP contribution in [0.1, 0.15) is 49.4 Å². The normalized spacial score (nSPS) is 14.0. The fraction of sp³-hybridized carbons (Fsp3) is 0.345. The molecule has 1 aliphatic carbocycles. The highest BCUT2D eigenvalue weighted by molar-refractivity contribution is 6.30. The van der Waals surface area contributed by atoms with Crippen molar-refractivity contribution in [1.82, 2.24) is 9.88 Å². The number of hydrogen-bond donors (Lipinski definition) is 0. The van der Waals surface area contributed by atoms with Crippen molar-refractivity contribution >= 4 is 11.6 Å². The van der Waals surface area contributed by atoms with Crippen LogP contribution < -0.4 is 4.74 Å². The van der Waals surface area contributed by atoms with Gasteiger partial charge in [0.15, 0.2) is 0 Å². The number of pyridine rings is 1. The molecular formula is C29H31ClN2O. The first-order valence-corrected chi connectivity index (χ1v) is 12.1. The molecule has 4 rings (SSSR count). The molecule has 1 fully saturated rings. The molecule has 0 bridgehead atoms. The maximum atomic E-state index is 6.10. The first kappa shape index (κ1) is 23.4. The highest BCUT2D eigenvalue weighted by atomic mass is 35.5. The number of aryl methyl sites for hydroxylation is 1. The topological polar surface area (TPSA) is 25.4 Å². The van der Waals surface area contributed by atoms with Gasteiger partial charge in [-0.1, -0.05) is 42.6 Å². The molecule has 1 heterocycles. The minimum absolute atomic E-state index is 0.599. The van der Waals surface area contributed by atoms with Crippen LogP contribution in [0.25, 0.3) is 11.1 Å². The molecule has 0 N–H and O–H groups in total. The van der Waals surface area contributed by atoms with E-state index in [0.717, 1.165) is 57.8 Å². The van der Waals surface area contributed by atoms with E-state index >= 15 is 0 Å². The molecular weight excluding hydrogens is 428 g/mol. The van der Waals surface area contributed by atoms with Gasteiger partial charge in [0.2, 0.25) is 0 Å². The van der Waals surface area contributed by atoms with E-state index in [-0.39, 0.29) is 0 Å². The van der Waals surface area contributed by atoms with Gasteiger partial charge < -0.3 is 9.64 Å². The highest BCUT2D eigenvalue weighted by Gasteiger charge is 2.30. The minimum Gasteiger partial charge on any atom is -0.493 e. The van der Waals surface area contributed by atoms with Crippen LogP contribution >= 0.6 is 11.6 Å². The minimum atomic E-state index is 0.599. The summed E-state index contributed by atoms with van der Waals surface area (Å²) in [5.74, 6) is 7.32. The highest BCUT2D eigenvalue weighted by Crippen LogP contribution is 2.29. The van der Waals surface area contributed by atoms with Gasteiger partial charge in [0, 0.05) is 34.4 Å². The molecule has 1 unspecified atom stereocenters. The summed E-state index contributed by atoms with van der Waals surface area (Å²) in [6.07, 6.45) is 6.76. The molecule has 0 aliphatic heterocycles. The van der Waals surface area contributed by atoms with Gasteiger partial charge in [-0.05, 0) is 93.1 Å². The zero-order chi connectivity index (χ0) is 23.2. The molecule has 0 radical (unpaired) electrons. The van der Waals surface area contributed by atoms with Crippen LogP contribution in [0.4, 0.5) is 0 Å². The first-order valence-electron chi connectivity index (χ1n) is 11.7. The summed E-state index contributed by atoms with van der Waals surface area (Å²) >= 11 is 5.97. The molecule has 0 spiro atoms. The number of nitrogens with zero attached hydrogens (tertiary/aromatic N) is 2. The number of benzene rings is 2. The fourth-order valence-electron chi connectivity index (χ4n) is 4.09. The van der Waals surface area contributed by atoms with Gasteiger partial charge in [0.25, 0.3) is 0 Å². The standard InChI is InChI=1S/C29H31ClN2O/c1-4-27(32(3)28-14-15-28)17-18-33-29-16-6-22(19-21(29)2)5-12-26-13-9-24(20-31-26)23-7-10-25(30)11-8-23/h6-11,13,16,19-20,27-28H,4,14-15,17-18H2,1-3H3. The van der Waals surface area contributed by atoms with Crippen molar-refractivity contribution < 1.29 is 4.74 Å². The van der Waals surface area contributed by atoms with E-state index in [2.05, 4.69) is 48.7 Å². The molecule has 2 aromatic carbocycles. The quantitative estimate of drug-likeness (QED) is 0.349. The zero-order valence-electron chi connectivity index (χ0n) is 19.6. The largest absolute Gasteiger partial charge is 0.493 e. The molecule has 4 heteroatoms. The van der Waals surface area contributed by atoms with Crippen LogP contribution in [0, 0.1) is 18.8 Å². The Bertz CT molecular complexity index is 1130. The first-order chi connectivity index (χ1) is 16.0. The molecule has 3 aromatic rings. The van der Waals surface area contributed by atoms with E-state index in [1.165, 1.54) is 19.3 Å². The Morgan fingerprint density at radius 3 is 2.45 bits per heavy atom. The van der Waals surface area contributed by atoms with E-state index in [4.69, 9.17) is 16.3 Å². The van der Waals surface area contributed by atoms with Gasteiger partial charge in [-0.25, -0.2) is 4.98 Å². The van der Waals surface area contributed by atoms with Crippen molar-refractivity contribution in [3.63, 3.8) is 0 Å². The van der Waals surface area contributed by atoms with Crippen LogP contribution in [-0.2, 0) is 0 Å².